The fraction of sp³-hybridized carbons (Fsp3) is 0.538. The Bertz CT molecular complexity index is 348. The molecule has 0 saturated carbocycles. The first-order valence-corrected chi connectivity index (χ1v) is 6.88. The summed E-state index contributed by atoms with van der Waals surface area (Å²) in [4.78, 5) is 0. The Hall–Kier alpha value is -0.670. The molecule has 3 heteroatoms. The van der Waals surface area contributed by atoms with Crippen molar-refractivity contribution in [3.8, 4) is 5.75 Å². The average Bonchev–Trinajstić information content (AvgIpc) is 2.80. The van der Waals surface area contributed by atoms with E-state index in [9.17, 15) is 0 Å². The molecular weight excluding hydrogens is 218 g/mol. The number of rotatable bonds is 4. The zero-order chi connectivity index (χ0) is 11.4. The number of nitrogens with two attached hydrogens (primary N) is 1. The van der Waals surface area contributed by atoms with E-state index < -0.39 is 0 Å². The van der Waals surface area contributed by atoms with Crippen LogP contribution in [0.1, 0.15) is 18.4 Å². The normalized spacial score (nSPS) is 24.6. The number of hydrogen-bond donors (Lipinski definition) is 1. The monoisotopic (exact) mass is 237 g/mol. The summed E-state index contributed by atoms with van der Waals surface area (Å²) in [6.07, 6.45) is 2.31. The highest BCUT2D eigenvalue weighted by Gasteiger charge is 2.35. The lowest BCUT2D eigenvalue weighted by molar-refractivity contribution is 0.408. The number of thioether (sulfide) groups is 1. The van der Waals surface area contributed by atoms with Crippen molar-refractivity contribution in [3.63, 3.8) is 0 Å². The summed E-state index contributed by atoms with van der Waals surface area (Å²) in [7, 11) is 1.72. The van der Waals surface area contributed by atoms with Crippen LogP contribution in [0.15, 0.2) is 24.3 Å². The van der Waals surface area contributed by atoms with E-state index in [1.807, 2.05) is 17.8 Å². The molecule has 16 heavy (non-hydrogen) atoms. The molecule has 0 aliphatic carbocycles. The van der Waals surface area contributed by atoms with Crippen LogP contribution in [0, 0.1) is 0 Å². The van der Waals surface area contributed by atoms with Gasteiger partial charge in [0, 0.05) is 11.2 Å². The smallest absolute Gasteiger partial charge is 0.119 e. The summed E-state index contributed by atoms with van der Waals surface area (Å²) in [5.41, 5.74) is 7.44. The van der Waals surface area contributed by atoms with Crippen LogP contribution < -0.4 is 10.5 Å². The fourth-order valence-corrected chi connectivity index (χ4v) is 3.93. The minimum atomic E-state index is 0.286. The van der Waals surface area contributed by atoms with Gasteiger partial charge in [-0.05, 0) is 42.8 Å². The lowest BCUT2D eigenvalue weighted by atomic mass is 9.77. The molecule has 0 aromatic heterocycles. The second-order valence-corrected chi connectivity index (χ2v) is 5.46. The van der Waals surface area contributed by atoms with E-state index in [0.29, 0.717) is 0 Å². The molecule has 2 N–H and O–H groups in total. The van der Waals surface area contributed by atoms with Crippen LogP contribution in [0.4, 0.5) is 0 Å². The Kier molecular flexibility index (Phi) is 3.77. The zero-order valence-electron chi connectivity index (χ0n) is 9.74. The van der Waals surface area contributed by atoms with Crippen LogP contribution >= 0.6 is 11.8 Å². The third-order valence-electron chi connectivity index (χ3n) is 3.41. The van der Waals surface area contributed by atoms with Gasteiger partial charge in [0.05, 0.1) is 7.11 Å². The maximum Gasteiger partial charge on any atom is 0.119 e. The van der Waals surface area contributed by atoms with Gasteiger partial charge in [-0.1, -0.05) is 12.1 Å². The molecule has 0 spiro atoms. The molecule has 1 aromatic rings. The van der Waals surface area contributed by atoms with E-state index >= 15 is 0 Å². The summed E-state index contributed by atoms with van der Waals surface area (Å²) in [6.45, 7) is 0.762. The lowest BCUT2D eigenvalue weighted by Gasteiger charge is -2.28. The summed E-state index contributed by atoms with van der Waals surface area (Å²) < 4.78 is 5.30. The maximum atomic E-state index is 5.76. The molecule has 0 amide bonds. The first kappa shape index (κ1) is 11.8. The highest BCUT2D eigenvalue weighted by Crippen LogP contribution is 2.42. The van der Waals surface area contributed by atoms with Crippen LogP contribution in [0.2, 0.25) is 0 Å². The van der Waals surface area contributed by atoms with Crippen LogP contribution in [-0.4, -0.2) is 25.2 Å². The molecule has 1 aromatic carbocycles. The predicted molar refractivity (Wildman–Crippen MR) is 70.3 cm³/mol. The molecule has 0 radical (unpaired) electrons. The Morgan fingerprint density at radius 3 is 3.00 bits per heavy atom. The van der Waals surface area contributed by atoms with Crippen molar-refractivity contribution in [2.24, 2.45) is 5.73 Å². The molecule has 1 atom stereocenters. The molecular formula is C13H19NOS. The van der Waals surface area contributed by atoms with Crippen molar-refractivity contribution in [1.29, 1.82) is 0 Å². The Morgan fingerprint density at radius 1 is 1.50 bits per heavy atom. The van der Waals surface area contributed by atoms with Crippen molar-refractivity contribution in [2.75, 3.05) is 25.2 Å². The number of ether oxygens (including phenoxy) is 1. The molecule has 1 saturated heterocycles. The standard InChI is InChI=1S/C13H19NOS/c1-15-12-4-2-3-11(9-12)13(5-7-14)6-8-16-10-13/h2-4,9H,5-8,10,14H2,1H3. The Labute approximate surface area is 102 Å². The van der Waals surface area contributed by atoms with Crippen LogP contribution in [-0.2, 0) is 5.41 Å². The Morgan fingerprint density at radius 2 is 2.38 bits per heavy atom. The topological polar surface area (TPSA) is 35.2 Å². The summed E-state index contributed by atoms with van der Waals surface area (Å²) in [5.74, 6) is 3.39. The quantitative estimate of drug-likeness (QED) is 0.873. The van der Waals surface area contributed by atoms with Crippen molar-refractivity contribution in [2.45, 2.75) is 18.3 Å². The van der Waals surface area contributed by atoms with Crippen LogP contribution in [0.25, 0.3) is 0 Å². The Balaban J connectivity index is 2.30. The predicted octanol–water partition coefficient (Wildman–Crippen LogP) is 2.42. The van der Waals surface area contributed by atoms with Crippen LogP contribution in [0.3, 0.4) is 0 Å². The third-order valence-corrected chi connectivity index (χ3v) is 4.66. The summed E-state index contributed by atoms with van der Waals surface area (Å²) in [5, 5.41) is 0. The second-order valence-electron chi connectivity index (χ2n) is 4.35. The molecule has 2 rings (SSSR count). The summed E-state index contributed by atoms with van der Waals surface area (Å²) in [6, 6.07) is 8.46. The van der Waals surface area contributed by atoms with Gasteiger partial charge in [-0.25, -0.2) is 0 Å². The number of hydrogen-bond acceptors (Lipinski definition) is 3. The molecule has 1 aliphatic heterocycles. The van der Waals surface area contributed by atoms with Gasteiger partial charge in [-0.15, -0.1) is 0 Å². The molecule has 0 bridgehead atoms. The van der Waals surface area contributed by atoms with E-state index in [-0.39, 0.29) is 5.41 Å². The molecule has 1 heterocycles. The number of benzene rings is 1. The third kappa shape index (κ3) is 2.20. The van der Waals surface area contributed by atoms with Gasteiger partial charge in [0.2, 0.25) is 0 Å². The highest BCUT2D eigenvalue weighted by atomic mass is 32.2. The minimum Gasteiger partial charge on any atom is -0.497 e. The van der Waals surface area contributed by atoms with Gasteiger partial charge in [0.15, 0.2) is 0 Å². The number of methoxy groups -OCH3 is 1. The van der Waals surface area contributed by atoms with Gasteiger partial charge in [0.1, 0.15) is 5.75 Å². The van der Waals surface area contributed by atoms with E-state index in [1.54, 1.807) is 7.11 Å². The van der Waals surface area contributed by atoms with Crippen molar-refractivity contribution in [1.82, 2.24) is 0 Å². The van der Waals surface area contributed by atoms with Gasteiger partial charge in [-0.2, -0.15) is 11.8 Å². The SMILES string of the molecule is COc1cccc(C2(CCN)CCSC2)c1. The van der Waals surface area contributed by atoms with Gasteiger partial charge < -0.3 is 10.5 Å². The van der Waals surface area contributed by atoms with Gasteiger partial charge in [0.25, 0.3) is 0 Å². The van der Waals surface area contributed by atoms with E-state index in [4.69, 9.17) is 10.5 Å². The first-order chi connectivity index (χ1) is 7.80. The van der Waals surface area contributed by atoms with Crippen LogP contribution in [0.5, 0.6) is 5.75 Å². The second kappa shape index (κ2) is 5.11. The van der Waals surface area contributed by atoms with Crippen molar-refractivity contribution < 1.29 is 4.74 Å². The largest absolute Gasteiger partial charge is 0.497 e. The lowest BCUT2D eigenvalue weighted by Crippen LogP contribution is -2.28. The average molecular weight is 237 g/mol. The molecule has 2 nitrogen and oxygen atoms in total. The van der Waals surface area contributed by atoms with Crippen molar-refractivity contribution >= 4 is 11.8 Å². The fourth-order valence-electron chi connectivity index (χ4n) is 2.41. The maximum absolute atomic E-state index is 5.76. The van der Waals surface area contributed by atoms with E-state index in [2.05, 4.69) is 18.2 Å². The van der Waals surface area contributed by atoms with Gasteiger partial charge in [-0.3, -0.25) is 0 Å². The van der Waals surface area contributed by atoms with Crippen molar-refractivity contribution in [3.05, 3.63) is 29.8 Å². The zero-order valence-corrected chi connectivity index (χ0v) is 10.6. The minimum absolute atomic E-state index is 0.286. The summed E-state index contributed by atoms with van der Waals surface area (Å²) >= 11 is 2.03. The first-order valence-electron chi connectivity index (χ1n) is 5.73. The van der Waals surface area contributed by atoms with E-state index in [0.717, 1.165) is 18.7 Å². The molecule has 1 unspecified atom stereocenters. The molecule has 1 fully saturated rings. The van der Waals surface area contributed by atoms with E-state index in [1.165, 1.54) is 23.5 Å². The van der Waals surface area contributed by atoms with Gasteiger partial charge >= 0.3 is 0 Å². The highest BCUT2D eigenvalue weighted by molar-refractivity contribution is 7.99. The molecule has 88 valence electrons. The molecule has 1 aliphatic rings.